The molecule has 3 aromatic rings. The van der Waals surface area contributed by atoms with Crippen LogP contribution in [0.15, 0.2) is 51.8 Å². The molecule has 1 aromatic heterocycles. The molecule has 0 aliphatic heterocycles. The van der Waals surface area contributed by atoms with E-state index in [2.05, 4.69) is 25.5 Å². The lowest BCUT2D eigenvalue weighted by atomic mass is 9.71. The second-order valence-corrected chi connectivity index (χ2v) is 10.3. The fraction of sp³-hybridized carbons (Fsp3) is 0.364. The number of sulfonamides is 1. The highest BCUT2D eigenvalue weighted by Gasteiger charge is 2.31. The molecule has 4 nitrogen and oxygen atoms in total. The predicted molar refractivity (Wildman–Crippen MR) is 108 cm³/mol. The fourth-order valence-electron chi connectivity index (χ4n) is 3.91. The Balaban J connectivity index is 1.68. The van der Waals surface area contributed by atoms with E-state index in [1.807, 2.05) is 12.1 Å². The third-order valence-electron chi connectivity index (χ3n) is 5.65. The first-order valence-electron chi connectivity index (χ1n) is 9.46. The van der Waals surface area contributed by atoms with Crippen LogP contribution in [0.4, 0.5) is 10.1 Å². The fourth-order valence-corrected chi connectivity index (χ4v) is 4.96. The Kier molecular flexibility index (Phi) is 4.49. The van der Waals surface area contributed by atoms with Crippen molar-refractivity contribution in [1.29, 1.82) is 0 Å². The molecule has 1 N–H and O–H groups in total. The zero-order chi connectivity index (χ0) is 20.1. The maximum Gasteiger partial charge on any atom is 0.261 e. The molecule has 0 saturated carbocycles. The summed E-state index contributed by atoms with van der Waals surface area (Å²) >= 11 is 0. The Labute approximate surface area is 164 Å². The number of hydrogen-bond acceptors (Lipinski definition) is 3. The van der Waals surface area contributed by atoms with Gasteiger partial charge in [0.05, 0.1) is 4.90 Å². The molecule has 1 heterocycles. The number of rotatable bonds is 3. The molecule has 0 bridgehead atoms. The molecule has 148 valence electrons. The summed E-state index contributed by atoms with van der Waals surface area (Å²) in [6.45, 7) is 6.77. The molecule has 1 aliphatic carbocycles. The molecule has 6 heteroatoms. The quantitative estimate of drug-likeness (QED) is 0.628. The van der Waals surface area contributed by atoms with Gasteiger partial charge < -0.3 is 4.42 Å². The SMILES string of the molecule is CC(C)(C)[C@H]1CCc2oc3ccc(NS(=O)(=O)c4ccc(F)cc4)cc3c2C1. The molecule has 0 amide bonds. The number of fused-ring (bicyclic) bond motifs is 3. The number of anilines is 1. The summed E-state index contributed by atoms with van der Waals surface area (Å²) < 4.78 is 46.9. The van der Waals surface area contributed by atoms with Gasteiger partial charge in [-0.05, 0) is 66.6 Å². The van der Waals surface area contributed by atoms with E-state index in [1.165, 1.54) is 17.7 Å². The molecule has 28 heavy (non-hydrogen) atoms. The molecular formula is C22H24FNO3S. The van der Waals surface area contributed by atoms with Gasteiger partial charge in [-0.25, -0.2) is 12.8 Å². The predicted octanol–water partition coefficient (Wildman–Crippen LogP) is 5.52. The summed E-state index contributed by atoms with van der Waals surface area (Å²) in [6, 6.07) is 10.1. The molecule has 0 unspecified atom stereocenters. The first-order valence-corrected chi connectivity index (χ1v) is 10.9. The van der Waals surface area contributed by atoms with E-state index in [0.717, 1.165) is 48.1 Å². The second kappa shape index (κ2) is 6.62. The Morgan fingerprint density at radius 1 is 1.11 bits per heavy atom. The van der Waals surface area contributed by atoms with E-state index in [1.54, 1.807) is 6.07 Å². The smallest absolute Gasteiger partial charge is 0.261 e. The zero-order valence-electron chi connectivity index (χ0n) is 16.3. The number of aryl methyl sites for hydroxylation is 1. The highest BCUT2D eigenvalue weighted by atomic mass is 32.2. The number of benzene rings is 2. The minimum Gasteiger partial charge on any atom is -0.461 e. The van der Waals surface area contributed by atoms with Gasteiger partial charge in [-0.2, -0.15) is 0 Å². The van der Waals surface area contributed by atoms with Crippen LogP contribution in [0, 0.1) is 17.2 Å². The Bertz CT molecular complexity index is 1130. The van der Waals surface area contributed by atoms with Crippen molar-refractivity contribution in [2.75, 3.05) is 4.72 Å². The lowest BCUT2D eigenvalue weighted by Crippen LogP contribution is -2.26. The van der Waals surface area contributed by atoms with E-state index >= 15 is 0 Å². The third kappa shape index (κ3) is 3.53. The maximum atomic E-state index is 13.1. The number of halogens is 1. The lowest BCUT2D eigenvalue weighted by Gasteiger charge is -2.33. The Hall–Kier alpha value is -2.34. The molecular weight excluding hydrogens is 377 g/mol. The molecule has 0 fully saturated rings. The average Bonchev–Trinajstić information content (AvgIpc) is 2.98. The van der Waals surface area contributed by atoms with E-state index in [-0.39, 0.29) is 10.3 Å². The van der Waals surface area contributed by atoms with Gasteiger partial charge in [0.1, 0.15) is 17.2 Å². The number of furan rings is 1. The topological polar surface area (TPSA) is 59.3 Å². The van der Waals surface area contributed by atoms with Gasteiger partial charge in [-0.3, -0.25) is 4.72 Å². The average molecular weight is 402 g/mol. The van der Waals surface area contributed by atoms with Gasteiger partial charge in [0.25, 0.3) is 10.0 Å². The molecule has 0 radical (unpaired) electrons. The van der Waals surface area contributed by atoms with Gasteiger partial charge >= 0.3 is 0 Å². The second-order valence-electron chi connectivity index (χ2n) is 8.58. The van der Waals surface area contributed by atoms with E-state index in [4.69, 9.17) is 4.42 Å². The molecule has 2 aromatic carbocycles. The van der Waals surface area contributed by atoms with Crippen molar-refractivity contribution in [1.82, 2.24) is 0 Å². The van der Waals surface area contributed by atoms with Crippen LogP contribution in [0.1, 0.15) is 38.5 Å². The van der Waals surface area contributed by atoms with Crippen LogP contribution in [-0.2, 0) is 22.9 Å². The largest absolute Gasteiger partial charge is 0.461 e. The van der Waals surface area contributed by atoms with Crippen LogP contribution in [-0.4, -0.2) is 8.42 Å². The third-order valence-corrected chi connectivity index (χ3v) is 7.04. The Morgan fingerprint density at radius 2 is 1.82 bits per heavy atom. The minimum atomic E-state index is -3.78. The molecule has 4 rings (SSSR count). The normalized spacial score (nSPS) is 17.5. The zero-order valence-corrected chi connectivity index (χ0v) is 17.1. The molecule has 0 spiro atoms. The van der Waals surface area contributed by atoms with Gasteiger partial charge in [0.2, 0.25) is 0 Å². The standard InChI is InChI=1S/C22H24FNO3S/c1-22(2,3)14-4-10-20-18(12-14)19-13-16(7-11-21(19)27-20)24-28(25,26)17-8-5-15(23)6-9-17/h5-9,11,13-14,24H,4,10,12H2,1-3H3/t14-/m0/s1. The maximum absolute atomic E-state index is 13.1. The van der Waals surface area contributed by atoms with Crippen molar-refractivity contribution >= 4 is 26.7 Å². The van der Waals surface area contributed by atoms with E-state index < -0.39 is 15.8 Å². The van der Waals surface area contributed by atoms with Crippen molar-refractivity contribution in [2.24, 2.45) is 11.3 Å². The summed E-state index contributed by atoms with van der Waals surface area (Å²) in [7, 11) is -3.78. The van der Waals surface area contributed by atoms with Crippen LogP contribution in [0.3, 0.4) is 0 Å². The first kappa shape index (κ1) is 19.0. The highest BCUT2D eigenvalue weighted by molar-refractivity contribution is 7.92. The van der Waals surface area contributed by atoms with Crippen LogP contribution >= 0.6 is 0 Å². The first-order chi connectivity index (χ1) is 13.1. The van der Waals surface area contributed by atoms with Crippen molar-refractivity contribution in [3.8, 4) is 0 Å². The summed E-state index contributed by atoms with van der Waals surface area (Å²) in [5.74, 6) is 1.09. The van der Waals surface area contributed by atoms with Crippen LogP contribution in [0.5, 0.6) is 0 Å². The highest BCUT2D eigenvalue weighted by Crippen LogP contribution is 2.41. The lowest BCUT2D eigenvalue weighted by molar-refractivity contribution is 0.210. The summed E-state index contributed by atoms with van der Waals surface area (Å²) in [5, 5.41) is 0.961. The Morgan fingerprint density at radius 3 is 2.50 bits per heavy atom. The van der Waals surface area contributed by atoms with Gasteiger partial charge in [0, 0.05) is 23.1 Å². The number of hydrogen-bond donors (Lipinski definition) is 1. The summed E-state index contributed by atoms with van der Waals surface area (Å²) in [4.78, 5) is 0.0241. The minimum absolute atomic E-state index is 0.0241. The van der Waals surface area contributed by atoms with Crippen LogP contribution in [0.25, 0.3) is 11.0 Å². The van der Waals surface area contributed by atoms with E-state index in [0.29, 0.717) is 11.6 Å². The number of nitrogens with one attached hydrogen (secondary N) is 1. The van der Waals surface area contributed by atoms with E-state index in [9.17, 15) is 12.8 Å². The van der Waals surface area contributed by atoms with Crippen LogP contribution in [0.2, 0.25) is 0 Å². The van der Waals surface area contributed by atoms with Crippen molar-refractivity contribution < 1.29 is 17.2 Å². The van der Waals surface area contributed by atoms with Crippen LogP contribution < -0.4 is 4.72 Å². The van der Waals surface area contributed by atoms with Crippen molar-refractivity contribution in [2.45, 2.75) is 44.9 Å². The summed E-state index contributed by atoms with van der Waals surface area (Å²) in [6.07, 6.45) is 2.93. The van der Waals surface area contributed by atoms with Gasteiger partial charge in [-0.15, -0.1) is 0 Å². The molecule has 0 saturated heterocycles. The molecule has 1 atom stereocenters. The van der Waals surface area contributed by atoms with Gasteiger partial charge in [-0.1, -0.05) is 20.8 Å². The van der Waals surface area contributed by atoms with Crippen molar-refractivity contribution in [3.05, 3.63) is 59.6 Å². The monoisotopic (exact) mass is 401 g/mol. The molecule has 1 aliphatic rings. The van der Waals surface area contributed by atoms with Crippen molar-refractivity contribution in [3.63, 3.8) is 0 Å². The van der Waals surface area contributed by atoms with Gasteiger partial charge in [0.15, 0.2) is 0 Å². The summed E-state index contributed by atoms with van der Waals surface area (Å²) in [5.41, 5.74) is 2.65.